The zero-order valence-electron chi connectivity index (χ0n) is 9.52. The Hall–Kier alpha value is -2.74. The molecule has 3 nitrogen and oxygen atoms in total. The molecule has 0 aliphatic heterocycles. The van der Waals surface area contributed by atoms with Gasteiger partial charge in [0.25, 0.3) is 0 Å². The van der Waals surface area contributed by atoms with Crippen molar-refractivity contribution in [2.75, 3.05) is 0 Å². The van der Waals surface area contributed by atoms with Crippen LogP contribution in [0.2, 0.25) is 0 Å². The van der Waals surface area contributed by atoms with Crippen LogP contribution in [0.1, 0.15) is 15.9 Å². The maximum Gasteiger partial charge on any atom is 0.335 e. The lowest BCUT2D eigenvalue weighted by Gasteiger charge is -2.06. The standard InChI is InChI=1S/C14H7F2NO2/c15-12-6-8(14(18)19)4-5-10(12)11-3-1-2-9(7-17)13(11)16/h1-6H,(H,18,19). The van der Waals surface area contributed by atoms with Crippen LogP contribution in [0, 0.1) is 23.0 Å². The number of rotatable bonds is 2. The molecule has 0 aliphatic carbocycles. The first kappa shape index (κ1) is 12.7. The largest absolute Gasteiger partial charge is 0.478 e. The topological polar surface area (TPSA) is 61.1 Å². The van der Waals surface area contributed by atoms with Crippen molar-refractivity contribution in [3.63, 3.8) is 0 Å². The first-order chi connectivity index (χ1) is 9.04. The van der Waals surface area contributed by atoms with Crippen molar-refractivity contribution >= 4 is 5.97 Å². The van der Waals surface area contributed by atoms with Crippen LogP contribution in [0.15, 0.2) is 36.4 Å². The SMILES string of the molecule is N#Cc1cccc(-c2ccc(C(=O)O)cc2F)c1F. The molecule has 0 spiro atoms. The van der Waals surface area contributed by atoms with Gasteiger partial charge in [0.1, 0.15) is 17.7 Å². The second-order valence-electron chi connectivity index (χ2n) is 3.78. The van der Waals surface area contributed by atoms with Crippen LogP contribution in [0.4, 0.5) is 8.78 Å². The molecule has 2 rings (SSSR count). The third-order valence-electron chi connectivity index (χ3n) is 2.63. The molecule has 0 bridgehead atoms. The summed E-state index contributed by atoms with van der Waals surface area (Å²) in [5, 5.41) is 17.4. The third kappa shape index (κ3) is 2.29. The molecule has 0 aliphatic rings. The van der Waals surface area contributed by atoms with Crippen molar-refractivity contribution in [2.24, 2.45) is 0 Å². The molecule has 2 aromatic carbocycles. The molecule has 0 radical (unpaired) electrons. The van der Waals surface area contributed by atoms with Gasteiger partial charge in [0.05, 0.1) is 11.1 Å². The minimum Gasteiger partial charge on any atom is -0.478 e. The second kappa shape index (κ2) is 4.86. The number of carbonyl (C=O) groups is 1. The highest BCUT2D eigenvalue weighted by atomic mass is 19.1. The molecule has 0 heterocycles. The average molecular weight is 259 g/mol. The number of nitrogens with zero attached hydrogens (tertiary/aromatic N) is 1. The summed E-state index contributed by atoms with van der Waals surface area (Å²) >= 11 is 0. The van der Waals surface area contributed by atoms with E-state index in [4.69, 9.17) is 10.4 Å². The van der Waals surface area contributed by atoms with Crippen LogP contribution in [-0.4, -0.2) is 11.1 Å². The van der Waals surface area contributed by atoms with E-state index in [0.717, 1.165) is 6.07 Å². The minimum absolute atomic E-state index is 0.0755. The lowest BCUT2D eigenvalue weighted by Crippen LogP contribution is -1.98. The van der Waals surface area contributed by atoms with Gasteiger partial charge in [-0.25, -0.2) is 13.6 Å². The molecule has 19 heavy (non-hydrogen) atoms. The van der Waals surface area contributed by atoms with Gasteiger partial charge >= 0.3 is 5.97 Å². The van der Waals surface area contributed by atoms with E-state index in [1.54, 1.807) is 6.07 Å². The van der Waals surface area contributed by atoms with Crippen molar-refractivity contribution in [1.29, 1.82) is 5.26 Å². The number of nitriles is 1. The van der Waals surface area contributed by atoms with Crippen LogP contribution in [-0.2, 0) is 0 Å². The minimum atomic E-state index is -1.27. The third-order valence-corrected chi connectivity index (χ3v) is 2.63. The van der Waals surface area contributed by atoms with Crippen LogP contribution >= 0.6 is 0 Å². The normalized spacial score (nSPS) is 9.95. The maximum atomic E-state index is 13.9. The summed E-state index contributed by atoms with van der Waals surface area (Å²) in [7, 11) is 0. The monoisotopic (exact) mass is 259 g/mol. The summed E-state index contributed by atoms with van der Waals surface area (Å²) in [5.41, 5.74) is -0.578. The predicted molar refractivity (Wildman–Crippen MR) is 63.5 cm³/mol. The highest BCUT2D eigenvalue weighted by Crippen LogP contribution is 2.27. The van der Waals surface area contributed by atoms with E-state index in [9.17, 15) is 13.6 Å². The molecule has 0 unspecified atom stereocenters. The number of carboxylic acids is 1. The Labute approximate surface area is 107 Å². The Kier molecular flexibility index (Phi) is 3.25. The average Bonchev–Trinajstić information content (AvgIpc) is 2.39. The van der Waals surface area contributed by atoms with Crippen LogP contribution in [0.5, 0.6) is 0 Å². The van der Waals surface area contributed by atoms with Crippen molar-refractivity contribution in [3.05, 3.63) is 59.2 Å². The van der Waals surface area contributed by atoms with Crippen LogP contribution < -0.4 is 0 Å². The number of hydrogen-bond donors (Lipinski definition) is 1. The predicted octanol–water partition coefficient (Wildman–Crippen LogP) is 3.20. The van der Waals surface area contributed by atoms with Crippen molar-refractivity contribution < 1.29 is 18.7 Å². The number of hydrogen-bond acceptors (Lipinski definition) is 2. The number of halogens is 2. The Morgan fingerprint density at radius 3 is 2.47 bits per heavy atom. The van der Waals surface area contributed by atoms with Crippen molar-refractivity contribution in [2.45, 2.75) is 0 Å². The smallest absolute Gasteiger partial charge is 0.335 e. The van der Waals surface area contributed by atoms with Gasteiger partial charge in [-0.2, -0.15) is 5.26 Å². The molecular weight excluding hydrogens is 252 g/mol. The molecule has 1 N–H and O–H groups in total. The molecule has 0 saturated carbocycles. The molecular formula is C14H7F2NO2. The van der Waals surface area contributed by atoms with Gasteiger partial charge in [-0.05, 0) is 18.2 Å². The summed E-state index contributed by atoms with van der Waals surface area (Å²) < 4.78 is 27.7. The van der Waals surface area contributed by atoms with Gasteiger partial charge in [-0.3, -0.25) is 0 Å². The summed E-state index contributed by atoms with van der Waals surface area (Å²) in [6.45, 7) is 0. The quantitative estimate of drug-likeness (QED) is 0.900. The lowest BCUT2D eigenvalue weighted by atomic mass is 10.0. The van der Waals surface area contributed by atoms with Crippen LogP contribution in [0.3, 0.4) is 0 Å². The van der Waals surface area contributed by atoms with Gasteiger partial charge < -0.3 is 5.11 Å². The summed E-state index contributed by atoms with van der Waals surface area (Å²) in [6.07, 6.45) is 0. The highest BCUT2D eigenvalue weighted by molar-refractivity contribution is 5.88. The Balaban J connectivity index is 2.61. The van der Waals surface area contributed by atoms with Gasteiger partial charge in [0, 0.05) is 11.1 Å². The number of carboxylic acid groups (broad SMARTS) is 1. The molecule has 94 valence electrons. The zero-order valence-corrected chi connectivity index (χ0v) is 9.52. The molecule has 0 saturated heterocycles. The second-order valence-corrected chi connectivity index (χ2v) is 3.78. The molecule has 0 atom stereocenters. The molecule has 5 heteroatoms. The summed E-state index contributed by atoms with van der Waals surface area (Å²) in [6, 6.07) is 8.88. The number of benzene rings is 2. The lowest BCUT2D eigenvalue weighted by molar-refractivity contribution is 0.0696. The van der Waals surface area contributed by atoms with E-state index >= 15 is 0 Å². The van der Waals surface area contributed by atoms with E-state index < -0.39 is 17.6 Å². The van der Waals surface area contributed by atoms with E-state index in [-0.39, 0.29) is 22.3 Å². The Morgan fingerprint density at radius 1 is 1.16 bits per heavy atom. The molecule has 0 fully saturated rings. The van der Waals surface area contributed by atoms with Crippen LogP contribution in [0.25, 0.3) is 11.1 Å². The molecule has 0 aromatic heterocycles. The fourth-order valence-electron chi connectivity index (χ4n) is 1.69. The Bertz CT molecular complexity index is 705. The highest BCUT2D eigenvalue weighted by Gasteiger charge is 2.15. The van der Waals surface area contributed by atoms with Gasteiger partial charge in [-0.1, -0.05) is 18.2 Å². The Morgan fingerprint density at radius 2 is 1.89 bits per heavy atom. The van der Waals surface area contributed by atoms with Crippen molar-refractivity contribution in [1.82, 2.24) is 0 Å². The number of aromatic carboxylic acids is 1. The molecule has 0 amide bonds. The van der Waals surface area contributed by atoms with Crippen molar-refractivity contribution in [3.8, 4) is 17.2 Å². The zero-order chi connectivity index (χ0) is 14.0. The fraction of sp³-hybridized carbons (Fsp3) is 0. The summed E-state index contributed by atoms with van der Waals surface area (Å²) in [5.74, 6) is -2.95. The van der Waals surface area contributed by atoms with E-state index in [1.165, 1.54) is 30.3 Å². The first-order valence-electron chi connectivity index (χ1n) is 5.26. The fourth-order valence-corrected chi connectivity index (χ4v) is 1.69. The van der Waals surface area contributed by atoms with Gasteiger partial charge in [0.15, 0.2) is 0 Å². The van der Waals surface area contributed by atoms with Gasteiger partial charge in [-0.15, -0.1) is 0 Å². The first-order valence-corrected chi connectivity index (χ1v) is 5.26. The van der Waals surface area contributed by atoms with E-state index in [0.29, 0.717) is 0 Å². The van der Waals surface area contributed by atoms with Gasteiger partial charge in [0.2, 0.25) is 0 Å². The maximum absolute atomic E-state index is 13.9. The summed E-state index contributed by atoms with van der Waals surface area (Å²) in [4.78, 5) is 10.7. The molecule has 2 aromatic rings. The van der Waals surface area contributed by atoms with E-state index in [2.05, 4.69) is 0 Å². The van der Waals surface area contributed by atoms with E-state index in [1.807, 2.05) is 0 Å².